The van der Waals surface area contributed by atoms with Crippen LogP contribution in [0.1, 0.15) is 73.3 Å². The van der Waals surface area contributed by atoms with E-state index in [0.717, 1.165) is 29.5 Å². The summed E-state index contributed by atoms with van der Waals surface area (Å²) in [5.74, 6) is -0.0106. The van der Waals surface area contributed by atoms with Gasteiger partial charge in [-0.05, 0) is 67.9 Å². The monoisotopic (exact) mass is 434 g/mol. The molecule has 4 nitrogen and oxygen atoms in total. The zero-order valence-electron chi connectivity index (χ0n) is 20.1. The van der Waals surface area contributed by atoms with Gasteiger partial charge in [0.1, 0.15) is 6.04 Å². The molecule has 2 aromatic carbocycles. The van der Waals surface area contributed by atoms with Crippen molar-refractivity contribution in [3.05, 3.63) is 70.3 Å². The highest BCUT2D eigenvalue weighted by molar-refractivity contribution is 5.88. The maximum Gasteiger partial charge on any atom is 0.243 e. The van der Waals surface area contributed by atoms with Gasteiger partial charge >= 0.3 is 0 Å². The molecule has 2 aromatic rings. The highest BCUT2D eigenvalue weighted by atomic mass is 16.2. The van der Waals surface area contributed by atoms with Crippen LogP contribution >= 0.6 is 0 Å². The maximum absolute atomic E-state index is 13.6. The van der Waals surface area contributed by atoms with E-state index in [9.17, 15) is 9.59 Å². The van der Waals surface area contributed by atoms with Gasteiger partial charge in [0.05, 0.1) is 6.42 Å². The Kier molecular flexibility index (Phi) is 8.49. The van der Waals surface area contributed by atoms with Crippen LogP contribution in [0.4, 0.5) is 0 Å². The average Bonchev–Trinajstić information content (AvgIpc) is 2.78. The lowest BCUT2D eigenvalue weighted by Gasteiger charge is -2.33. The van der Waals surface area contributed by atoms with Gasteiger partial charge in [0.15, 0.2) is 0 Å². The number of rotatable bonds is 8. The topological polar surface area (TPSA) is 49.4 Å². The van der Waals surface area contributed by atoms with Crippen molar-refractivity contribution < 1.29 is 9.59 Å². The van der Waals surface area contributed by atoms with Crippen LogP contribution < -0.4 is 5.32 Å². The van der Waals surface area contributed by atoms with Crippen LogP contribution in [0.15, 0.2) is 42.5 Å². The first-order chi connectivity index (χ1) is 15.4. The first-order valence-electron chi connectivity index (χ1n) is 12.1. The van der Waals surface area contributed by atoms with Gasteiger partial charge in [0.2, 0.25) is 11.8 Å². The lowest BCUT2D eigenvalue weighted by molar-refractivity contribution is -0.141. The summed E-state index contributed by atoms with van der Waals surface area (Å²) in [6.45, 7) is 8.66. The number of carbonyl (C=O) groups is 2. The van der Waals surface area contributed by atoms with Crippen molar-refractivity contribution in [2.75, 3.05) is 0 Å². The molecule has 0 bridgehead atoms. The van der Waals surface area contributed by atoms with Gasteiger partial charge in [-0.3, -0.25) is 9.59 Å². The summed E-state index contributed by atoms with van der Waals surface area (Å²) in [7, 11) is 0. The summed E-state index contributed by atoms with van der Waals surface area (Å²) < 4.78 is 0. The van der Waals surface area contributed by atoms with Gasteiger partial charge in [0, 0.05) is 12.6 Å². The summed E-state index contributed by atoms with van der Waals surface area (Å²) in [6.07, 6.45) is 6.56. The average molecular weight is 435 g/mol. The van der Waals surface area contributed by atoms with E-state index < -0.39 is 6.04 Å². The van der Waals surface area contributed by atoms with Crippen LogP contribution in [0.2, 0.25) is 0 Å². The second-order valence-corrected chi connectivity index (χ2v) is 9.31. The lowest BCUT2D eigenvalue weighted by atomic mass is 9.95. The number of amides is 2. The normalized spacial score (nSPS) is 15.2. The van der Waals surface area contributed by atoms with E-state index in [2.05, 4.69) is 50.4 Å². The summed E-state index contributed by atoms with van der Waals surface area (Å²) in [5.41, 5.74) is 5.62. The van der Waals surface area contributed by atoms with Crippen LogP contribution in [0.25, 0.3) is 0 Å². The number of hydrogen-bond donors (Lipinski definition) is 1. The van der Waals surface area contributed by atoms with Crippen LogP contribution in [0, 0.1) is 20.8 Å². The van der Waals surface area contributed by atoms with Crippen molar-refractivity contribution in [3.63, 3.8) is 0 Å². The van der Waals surface area contributed by atoms with E-state index in [0.29, 0.717) is 19.4 Å². The van der Waals surface area contributed by atoms with Crippen molar-refractivity contribution in [2.45, 2.75) is 91.3 Å². The molecule has 172 valence electrons. The smallest absolute Gasteiger partial charge is 0.243 e. The highest BCUT2D eigenvalue weighted by Crippen LogP contribution is 2.21. The predicted octanol–water partition coefficient (Wildman–Crippen LogP) is 5.41. The zero-order chi connectivity index (χ0) is 23.1. The Morgan fingerprint density at radius 3 is 2.34 bits per heavy atom. The fourth-order valence-corrected chi connectivity index (χ4v) is 4.62. The quantitative estimate of drug-likeness (QED) is 0.604. The van der Waals surface area contributed by atoms with Gasteiger partial charge in [-0.15, -0.1) is 0 Å². The Hall–Kier alpha value is -2.62. The van der Waals surface area contributed by atoms with E-state index in [1.54, 1.807) is 4.90 Å². The van der Waals surface area contributed by atoms with Crippen LogP contribution in [0.5, 0.6) is 0 Å². The summed E-state index contributed by atoms with van der Waals surface area (Å²) in [6, 6.07) is 14.1. The minimum atomic E-state index is -0.462. The van der Waals surface area contributed by atoms with E-state index in [1.165, 1.54) is 30.4 Å². The lowest BCUT2D eigenvalue weighted by Crippen LogP contribution is -2.52. The highest BCUT2D eigenvalue weighted by Gasteiger charge is 2.30. The Morgan fingerprint density at radius 2 is 1.69 bits per heavy atom. The molecule has 1 saturated carbocycles. The molecule has 1 N–H and O–H groups in total. The van der Waals surface area contributed by atoms with Crippen LogP contribution in [0.3, 0.4) is 0 Å². The molecular weight excluding hydrogens is 396 g/mol. The van der Waals surface area contributed by atoms with E-state index in [4.69, 9.17) is 0 Å². The second-order valence-electron chi connectivity index (χ2n) is 9.31. The van der Waals surface area contributed by atoms with Gasteiger partial charge < -0.3 is 10.2 Å². The summed E-state index contributed by atoms with van der Waals surface area (Å²) in [4.78, 5) is 28.7. The number of nitrogens with one attached hydrogen (secondary N) is 1. The molecule has 0 saturated heterocycles. The van der Waals surface area contributed by atoms with Gasteiger partial charge in [-0.25, -0.2) is 0 Å². The Balaban J connectivity index is 1.83. The van der Waals surface area contributed by atoms with E-state index >= 15 is 0 Å². The minimum Gasteiger partial charge on any atom is -0.352 e. The van der Waals surface area contributed by atoms with Gasteiger partial charge in [-0.1, -0.05) is 68.7 Å². The zero-order valence-corrected chi connectivity index (χ0v) is 20.1. The molecule has 2 amide bonds. The molecule has 1 fully saturated rings. The summed E-state index contributed by atoms with van der Waals surface area (Å²) >= 11 is 0. The van der Waals surface area contributed by atoms with E-state index in [1.807, 2.05) is 25.1 Å². The third kappa shape index (κ3) is 6.21. The standard InChI is InChI=1S/C28H38N2O2/c1-5-26(28(32)29-25-13-7-6-8-14-25)30(19-24-12-10-9-11-21(24)3)27(31)18-23-16-15-20(2)22(4)17-23/h9-12,15-17,25-26H,5-8,13-14,18-19H2,1-4H3,(H,29,32)/t26-/m1/s1. The molecule has 0 unspecified atom stereocenters. The van der Waals surface area contributed by atoms with Gasteiger partial charge in [-0.2, -0.15) is 0 Å². The van der Waals surface area contributed by atoms with E-state index in [-0.39, 0.29) is 17.9 Å². The Morgan fingerprint density at radius 1 is 0.969 bits per heavy atom. The number of aryl methyl sites for hydroxylation is 3. The van der Waals surface area contributed by atoms with Crippen LogP contribution in [-0.4, -0.2) is 28.8 Å². The fourth-order valence-electron chi connectivity index (χ4n) is 4.62. The molecule has 0 radical (unpaired) electrons. The van der Waals surface area contributed by atoms with Crippen LogP contribution in [-0.2, 0) is 22.6 Å². The molecule has 0 heterocycles. The number of hydrogen-bond acceptors (Lipinski definition) is 2. The molecule has 4 heteroatoms. The molecule has 1 aliphatic rings. The number of nitrogens with zero attached hydrogens (tertiary/aromatic N) is 1. The molecule has 1 aliphatic carbocycles. The largest absolute Gasteiger partial charge is 0.352 e. The first kappa shape index (κ1) is 24.0. The van der Waals surface area contributed by atoms with Crippen molar-refractivity contribution in [1.29, 1.82) is 0 Å². The van der Waals surface area contributed by atoms with Crippen molar-refractivity contribution in [2.24, 2.45) is 0 Å². The summed E-state index contributed by atoms with van der Waals surface area (Å²) in [5, 5.41) is 3.25. The molecule has 3 rings (SSSR count). The van der Waals surface area contributed by atoms with Crippen molar-refractivity contribution >= 4 is 11.8 Å². The molecule has 1 atom stereocenters. The van der Waals surface area contributed by atoms with Crippen molar-refractivity contribution in [1.82, 2.24) is 10.2 Å². The molecule has 0 spiro atoms. The fraction of sp³-hybridized carbons (Fsp3) is 0.500. The van der Waals surface area contributed by atoms with Crippen molar-refractivity contribution in [3.8, 4) is 0 Å². The predicted molar refractivity (Wildman–Crippen MR) is 130 cm³/mol. The SMILES string of the molecule is CC[C@H](C(=O)NC1CCCCC1)N(Cc1ccccc1C)C(=O)Cc1ccc(C)c(C)c1. The molecule has 0 aliphatic heterocycles. The third-order valence-electron chi connectivity index (χ3n) is 6.87. The molecular formula is C28H38N2O2. The second kappa shape index (κ2) is 11.3. The molecule has 32 heavy (non-hydrogen) atoms. The maximum atomic E-state index is 13.6. The Bertz CT molecular complexity index is 931. The Labute approximate surface area is 193 Å². The minimum absolute atomic E-state index is 0.00199. The molecule has 0 aromatic heterocycles. The first-order valence-corrected chi connectivity index (χ1v) is 12.1. The third-order valence-corrected chi connectivity index (χ3v) is 6.87. The van der Waals surface area contributed by atoms with Gasteiger partial charge in [0.25, 0.3) is 0 Å². The number of benzene rings is 2. The number of carbonyl (C=O) groups excluding carboxylic acids is 2.